The summed E-state index contributed by atoms with van der Waals surface area (Å²) in [6, 6.07) is 8.60. The second kappa shape index (κ2) is 7.65. The molecule has 0 spiro atoms. The lowest BCUT2D eigenvalue weighted by atomic mass is 10.1. The van der Waals surface area contributed by atoms with Crippen molar-refractivity contribution in [3.63, 3.8) is 0 Å². The van der Waals surface area contributed by atoms with E-state index in [0.717, 1.165) is 24.8 Å². The van der Waals surface area contributed by atoms with Gasteiger partial charge in [0.25, 0.3) is 0 Å². The Morgan fingerprint density at radius 1 is 1.00 bits per heavy atom. The number of nitrogens with one attached hydrogen (secondary N) is 1. The fraction of sp³-hybridized carbons (Fsp3) is 0.579. The maximum Gasteiger partial charge on any atom is 0.0456 e. The van der Waals surface area contributed by atoms with E-state index in [2.05, 4.69) is 68.0 Å². The predicted molar refractivity (Wildman–Crippen MR) is 92.7 cm³/mol. The Morgan fingerprint density at radius 2 is 1.76 bits per heavy atom. The van der Waals surface area contributed by atoms with Crippen molar-refractivity contribution in [3.05, 3.63) is 36.0 Å². The van der Waals surface area contributed by atoms with Crippen LogP contribution in [0.2, 0.25) is 0 Å². The minimum atomic E-state index is 0.736. The van der Waals surface area contributed by atoms with Crippen molar-refractivity contribution < 1.29 is 0 Å². The minimum Gasteiger partial charge on any atom is -0.361 e. The summed E-state index contributed by atoms with van der Waals surface area (Å²) in [5.41, 5.74) is 2.70. The van der Waals surface area contributed by atoms with Crippen LogP contribution in [0.15, 0.2) is 30.5 Å². The summed E-state index contributed by atoms with van der Waals surface area (Å²) >= 11 is 0. The molecule has 1 heterocycles. The minimum absolute atomic E-state index is 0.736. The van der Waals surface area contributed by atoms with E-state index < -0.39 is 0 Å². The fourth-order valence-corrected chi connectivity index (χ4v) is 2.87. The average Bonchev–Trinajstić information content (AvgIpc) is 2.84. The first-order chi connectivity index (χ1) is 10.1. The van der Waals surface area contributed by atoms with Crippen molar-refractivity contribution in [2.24, 2.45) is 11.8 Å². The van der Waals surface area contributed by atoms with Gasteiger partial charge >= 0.3 is 0 Å². The number of aromatic amines is 1. The molecule has 0 amide bonds. The molecule has 2 rings (SSSR count). The molecule has 0 bridgehead atoms. The monoisotopic (exact) mass is 286 g/mol. The third-order valence-corrected chi connectivity index (χ3v) is 4.02. The number of rotatable bonds is 8. The van der Waals surface area contributed by atoms with E-state index in [-0.39, 0.29) is 0 Å². The first kappa shape index (κ1) is 16.1. The fourth-order valence-electron chi connectivity index (χ4n) is 2.87. The van der Waals surface area contributed by atoms with Crippen molar-refractivity contribution in [1.82, 2.24) is 9.88 Å². The van der Waals surface area contributed by atoms with Gasteiger partial charge in [-0.15, -0.1) is 0 Å². The molecule has 0 aliphatic heterocycles. The molecule has 1 N–H and O–H groups in total. The lowest BCUT2D eigenvalue weighted by Gasteiger charge is -2.25. The summed E-state index contributed by atoms with van der Waals surface area (Å²) in [5, 5.41) is 1.38. The number of aromatic nitrogens is 1. The van der Waals surface area contributed by atoms with Gasteiger partial charge in [-0.05, 0) is 42.9 Å². The van der Waals surface area contributed by atoms with Crippen LogP contribution in [0, 0.1) is 11.8 Å². The molecule has 2 nitrogen and oxygen atoms in total. The van der Waals surface area contributed by atoms with Crippen LogP contribution < -0.4 is 0 Å². The highest BCUT2D eigenvalue weighted by Gasteiger charge is 2.10. The molecule has 2 aromatic rings. The van der Waals surface area contributed by atoms with Crippen LogP contribution in [-0.2, 0) is 6.42 Å². The number of hydrogen-bond donors (Lipinski definition) is 1. The summed E-state index contributed by atoms with van der Waals surface area (Å²) in [5.74, 6) is 1.52. The Labute approximate surface area is 129 Å². The molecule has 0 saturated carbocycles. The van der Waals surface area contributed by atoms with Gasteiger partial charge in [-0.3, -0.25) is 0 Å². The molecule has 1 aromatic carbocycles. The van der Waals surface area contributed by atoms with Crippen molar-refractivity contribution in [1.29, 1.82) is 0 Å². The third kappa shape index (κ3) is 4.89. The molecule has 0 aliphatic carbocycles. The van der Waals surface area contributed by atoms with E-state index in [9.17, 15) is 0 Å². The maximum absolute atomic E-state index is 3.38. The van der Waals surface area contributed by atoms with Crippen molar-refractivity contribution in [2.45, 2.75) is 40.5 Å². The summed E-state index contributed by atoms with van der Waals surface area (Å²) in [6.07, 6.45) is 4.61. The summed E-state index contributed by atoms with van der Waals surface area (Å²) in [4.78, 5) is 6.02. The number of hydrogen-bond acceptors (Lipinski definition) is 1. The Hall–Kier alpha value is -1.28. The standard InChI is InChI=1S/C19H30N2/c1-15(2)9-11-21(14-16(3)4)12-10-17-13-20-19-8-6-5-7-18(17)19/h5-8,13,15-16,20H,9-12,14H2,1-4H3. The van der Waals surface area contributed by atoms with E-state index in [1.807, 2.05) is 0 Å². The van der Waals surface area contributed by atoms with Gasteiger partial charge in [-0.25, -0.2) is 0 Å². The van der Waals surface area contributed by atoms with Crippen molar-refractivity contribution in [2.75, 3.05) is 19.6 Å². The van der Waals surface area contributed by atoms with E-state index in [1.165, 1.54) is 36.0 Å². The van der Waals surface area contributed by atoms with Gasteiger partial charge in [-0.1, -0.05) is 45.9 Å². The van der Waals surface area contributed by atoms with E-state index in [1.54, 1.807) is 0 Å². The molecule has 0 atom stereocenters. The number of nitrogens with zero attached hydrogens (tertiary/aromatic N) is 1. The van der Waals surface area contributed by atoms with Gasteiger partial charge < -0.3 is 9.88 Å². The van der Waals surface area contributed by atoms with E-state index in [0.29, 0.717) is 0 Å². The smallest absolute Gasteiger partial charge is 0.0456 e. The second-order valence-electron chi connectivity index (χ2n) is 6.99. The molecular formula is C19H30N2. The zero-order chi connectivity index (χ0) is 15.2. The third-order valence-electron chi connectivity index (χ3n) is 4.02. The van der Waals surface area contributed by atoms with Crippen LogP contribution in [0.1, 0.15) is 39.7 Å². The van der Waals surface area contributed by atoms with Crippen LogP contribution in [-0.4, -0.2) is 29.5 Å². The Balaban J connectivity index is 1.96. The van der Waals surface area contributed by atoms with Crippen molar-refractivity contribution >= 4 is 10.9 Å². The van der Waals surface area contributed by atoms with Crippen LogP contribution in [0.3, 0.4) is 0 Å². The zero-order valence-corrected chi connectivity index (χ0v) is 14.0. The molecular weight excluding hydrogens is 256 g/mol. The Bertz CT molecular complexity index is 539. The lowest BCUT2D eigenvalue weighted by Crippen LogP contribution is -2.31. The summed E-state index contributed by atoms with van der Waals surface area (Å²) in [6.45, 7) is 12.8. The number of para-hydroxylation sites is 1. The molecule has 0 radical (unpaired) electrons. The normalized spacial score (nSPS) is 12.1. The summed E-state index contributed by atoms with van der Waals surface area (Å²) < 4.78 is 0. The zero-order valence-electron chi connectivity index (χ0n) is 14.0. The predicted octanol–water partition coefficient (Wildman–Crippen LogP) is 4.71. The molecule has 116 valence electrons. The molecule has 0 unspecified atom stereocenters. The van der Waals surface area contributed by atoms with E-state index in [4.69, 9.17) is 0 Å². The van der Waals surface area contributed by atoms with Gasteiger partial charge in [0.05, 0.1) is 0 Å². The quantitative estimate of drug-likeness (QED) is 0.744. The van der Waals surface area contributed by atoms with Crippen LogP contribution in [0.5, 0.6) is 0 Å². The highest BCUT2D eigenvalue weighted by molar-refractivity contribution is 5.83. The Morgan fingerprint density at radius 3 is 2.48 bits per heavy atom. The lowest BCUT2D eigenvalue weighted by molar-refractivity contribution is 0.234. The van der Waals surface area contributed by atoms with Gasteiger partial charge in [-0.2, -0.15) is 0 Å². The topological polar surface area (TPSA) is 19.0 Å². The maximum atomic E-state index is 3.38. The van der Waals surface area contributed by atoms with Gasteiger partial charge in [0.1, 0.15) is 0 Å². The van der Waals surface area contributed by atoms with Crippen LogP contribution in [0.4, 0.5) is 0 Å². The summed E-state index contributed by atoms with van der Waals surface area (Å²) in [7, 11) is 0. The number of fused-ring (bicyclic) bond motifs is 1. The number of benzene rings is 1. The SMILES string of the molecule is CC(C)CCN(CCc1c[nH]c2ccccc12)CC(C)C. The molecule has 0 fully saturated rings. The number of H-pyrrole nitrogens is 1. The average molecular weight is 286 g/mol. The highest BCUT2D eigenvalue weighted by Crippen LogP contribution is 2.18. The molecule has 21 heavy (non-hydrogen) atoms. The van der Waals surface area contributed by atoms with Crippen molar-refractivity contribution in [3.8, 4) is 0 Å². The second-order valence-corrected chi connectivity index (χ2v) is 6.99. The van der Waals surface area contributed by atoms with E-state index >= 15 is 0 Å². The molecule has 1 aromatic heterocycles. The molecule has 2 heteroatoms. The van der Waals surface area contributed by atoms with Crippen LogP contribution >= 0.6 is 0 Å². The Kier molecular flexibility index (Phi) is 5.86. The van der Waals surface area contributed by atoms with Gasteiger partial charge in [0, 0.05) is 30.2 Å². The molecule has 0 aliphatic rings. The highest BCUT2D eigenvalue weighted by atomic mass is 15.1. The largest absolute Gasteiger partial charge is 0.361 e. The van der Waals surface area contributed by atoms with Gasteiger partial charge in [0.2, 0.25) is 0 Å². The first-order valence-corrected chi connectivity index (χ1v) is 8.33. The van der Waals surface area contributed by atoms with Gasteiger partial charge in [0.15, 0.2) is 0 Å². The molecule has 0 saturated heterocycles. The first-order valence-electron chi connectivity index (χ1n) is 8.33. The van der Waals surface area contributed by atoms with Crippen LogP contribution in [0.25, 0.3) is 10.9 Å².